The Labute approximate surface area is 160 Å². The zero-order chi connectivity index (χ0) is 19.6. The quantitative estimate of drug-likeness (QED) is 0.717. The smallest absolute Gasteiger partial charge is 0.325 e. The average molecular weight is 378 g/mol. The fourth-order valence-electron chi connectivity index (χ4n) is 4.35. The second-order valence-electron chi connectivity index (χ2n) is 8.63. The minimum atomic E-state index is -0.497. The average Bonchev–Trinajstić information content (AvgIpc) is 2.93. The van der Waals surface area contributed by atoms with Crippen LogP contribution in [0.5, 0.6) is 0 Å². The molecule has 8 heteroatoms. The highest BCUT2D eigenvalue weighted by Crippen LogP contribution is 2.39. The van der Waals surface area contributed by atoms with Crippen molar-refractivity contribution in [2.45, 2.75) is 46.0 Å². The van der Waals surface area contributed by atoms with Gasteiger partial charge in [0.25, 0.3) is 0 Å². The van der Waals surface area contributed by atoms with Crippen LogP contribution < -0.4 is 5.32 Å². The Bertz CT molecular complexity index is 635. The lowest BCUT2D eigenvalue weighted by molar-refractivity contribution is -0.143. The predicted octanol–water partition coefficient (Wildman–Crippen LogP) is 0.816. The third kappa shape index (κ3) is 4.59. The van der Waals surface area contributed by atoms with Crippen molar-refractivity contribution in [3.05, 3.63) is 0 Å². The maximum absolute atomic E-state index is 12.7. The number of imide groups is 1. The van der Waals surface area contributed by atoms with Crippen LogP contribution >= 0.6 is 0 Å². The van der Waals surface area contributed by atoms with Gasteiger partial charge < -0.3 is 14.7 Å². The van der Waals surface area contributed by atoms with Gasteiger partial charge in [-0.25, -0.2) is 4.79 Å². The number of carbonyl (C=O) groups excluding carboxylic acids is 4. The summed E-state index contributed by atoms with van der Waals surface area (Å²) < 4.78 is 0. The van der Waals surface area contributed by atoms with Gasteiger partial charge in [0.15, 0.2) is 0 Å². The molecule has 3 saturated heterocycles. The third-order valence-electron chi connectivity index (χ3n) is 5.93. The molecule has 0 aromatic heterocycles. The number of urea groups is 1. The first-order chi connectivity index (χ1) is 12.8. The molecule has 8 nitrogen and oxygen atoms in total. The molecule has 0 saturated carbocycles. The van der Waals surface area contributed by atoms with Crippen LogP contribution in [0.1, 0.15) is 46.0 Å². The summed E-state index contributed by atoms with van der Waals surface area (Å²) in [6.45, 7) is 6.98. The number of nitrogens with zero attached hydrogens (tertiary/aromatic N) is 3. The molecule has 0 radical (unpaired) electrons. The Hall–Kier alpha value is -2.12. The van der Waals surface area contributed by atoms with E-state index < -0.39 is 6.03 Å². The van der Waals surface area contributed by atoms with Gasteiger partial charge in [-0.15, -0.1) is 0 Å². The summed E-state index contributed by atoms with van der Waals surface area (Å²) in [7, 11) is 0. The lowest BCUT2D eigenvalue weighted by Gasteiger charge is -2.48. The second-order valence-corrected chi connectivity index (χ2v) is 8.63. The molecular weight excluding hydrogens is 348 g/mol. The Morgan fingerprint density at radius 3 is 2.59 bits per heavy atom. The first-order valence-corrected chi connectivity index (χ1v) is 9.92. The summed E-state index contributed by atoms with van der Waals surface area (Å²) in [5.74, 6) is 0.283. The number of hydrogen-bond acceptors (Lipinski definition) is 4. The second kappa shape index (κ2) is 7.86. The number of piperidine rings is 2. The number of hydrogen-bond donors (Lipinski definition) is 1. The first-order valence-electron chi connectivity index (χ1n) is 9.92. The van der Waals surface area contributed by atoms with Gasteiger partial charge >= 0.3 is 6.03 Å². The predicted molar refractivity (Wildman–Crippen MR) is 98.6 cm³/mol. The highest BCUT2D eigenvalue weighted by molar-refractivity contribution is 6.03. The Morgan fingerprint density at radius 2 is 1.93 bits per heavy atom. The van der Waals surface area contributed by atoms with Crippen molar-refractivity contribution in [1.82, 2.24) is 20.0 Å². The van der Waals surface area contributed by atoms with Crippen molar-refractivity contribution < 1.29 is 19.2 Å². The van der Waals surface area contributed by atoms with Crippen molar-refractivity contribution in [2.75, 3.05) is 39.3 Å². The van der Waals surface area contributed by atoms with E-state index >= 15 is 0 Å². The van der Waals surface area contributed by atoms with Crippen LogP contribution in [0.25, 0.3) is 0 Å². The van der Waals surface area contributed by atoms with Gasteiger partial charge in [0.2, 0.25) is 17.7 Å². The van der Waals surface area contributed by atoms with Crippen LogP contribution in [0, 0.1) is 11.3 Å². The van der Waals surface area contributed by atoms with E-state index in [0.29, 0.717) is 32.0 Å². The lowest BCUT2D eigenvalue weighted by atomic mass is 9.73. The maximum Gasteiger partial charge on any atom is 0.325 e. The topological polar surface area (TPSA) is 90.0 Å². The van der Waals surface area contributed by atoms with Gasteiger partial charge in [-0.1, -0.05) is 13.8 Å². The van der Waals surface area contributed by atoms with Crippen molar-refractivity contribution in [3.8, 4) is 0 Å². The molecular formula is C19H30N4O4. The molecule has 150 valence electrons. The van der Waals surface area contributed by atoms with E-state index in [1.165, 1.54) is 4.90 Å². The van der Waals surface area contributed by atoms with E-state index in [1.807, 2.05) is 9.80 Å². The number of carbonyl (C=O) groups is 4. The van der Waals surface area contributed by atoms with E-state index in [1.54, 1.807) is 0 Å². The van der Waals surface area contributed by atoms with Crippen molar-refractivity contribution in [3.63, 3.8) is 0 Å². The van der Waals surface area contributed by atoms with E-state index in [0.717, 1.165) is 32.2 Å². The van der Waals surface area contributed by atoms with Gasteiger partial charge in [-0.2, -0.15) is 0 Å². The fraction of sp³-hybridized carbons (Fsp3) is 0.789. The zero-order valence-corrected chi connectivity index (χ0v) is 16.3. The van der Waals surface area contributed by atoms with Gasteiger partial charge in [0.05, 0.1) is 0 Å². The molecule has 27 heavy (non-hydrogen) atoms. The molecule has 0 bridgehead atoms. The molecule has 3 aliphatic rings. The number of nitrogens with one attached hydrogen (secondary N) is 1. The summed E-state index contributed by atoms with van der Waals surface area (Å²) in [4.78, 5) is 53.0. The van der Waals surface area contributed by atoms with E-state index in [-0.39, 0.29) is 36.2 Å². The standard InChI is InChI=1S/C19H30N4O4/c1-14(2)5-9-22-13-19(7-4-16(22)25)6-3-8-21(12-19)17(26)11-23-10-15(24)20-18(23)27/h14H,3-13H2,1-2H3,(H,20,24,27)/t19-/m1/s1. The Morgan fingerprint density at radius 1 is 1.15 bits per heavy atom. The van der Waals surface area contributed by atoms with Gasteiger partial charge in [-0.3, -0.25) is 19.7 Å². The Balaban J connectivity index is 1.60. The van der Waals surface area contributed by atoms with Crippen LogP contribution in [-0.2, 0) is 14.4 Å². The highest BCUT2D eigenvalue weighted by Gasteiger charge is 2.43. The minimum absolute atomic E-state index is 0.0398. The highest BCUT2D eigenvalue weighted by atomic mass is 16.2. The molecule has 0 aromatic rings. The molecule has 1 atom stereocenters. The number of likely N-dealkylation sites (tertiary alicyclic amines) is 2. The summed E-state index contributed by atoms with van der Waals surface area (Å²) in [6, 6.07) is -0.497. The van der Waals surface area contributed by atoms with Crippen LogP contribution in [0.15, 0.2) is 0 Å². The molecule has 1 N–H and O–H groups in total. The SMILES string of the molecule is CC(C)CCN1C[C@]2(CCCN(C(=O)CN3CC(=O)NC3=O)C2)CCC1=O. The molecule has 1 spiro atoms. The summed E-state index contributed by atoms with van der Waals surface area (Å²) in [5, 5.41) is 2.20. The summed E-state index contributed by atoms with van der Waals surface area (Å²) in [5.41, 5.74) is -0.0398. The van der Waals surface area contributed by atoms with Crippen LogP contribution in [0.2, 0.25) is 0 Å². The van der Waals surface area contributed by atoms with E-state index in [9.17, 15) is 19.2 Å². The van der Waals surface area contributed by atoms with E-state index in [2.05, 4.69) is 19.2 Å². The maximum atomic E-state index is 12.7. The zero-order valence-electron chi connectivity index (χ0n) is 16.3. The van der Waals surface area contributed by atoms with Crippen LogP contribution in [-0.4, -0.2) is 77.7 Å². The minimum Gasteiger partial charge on any atom is -0.342 e. The normalized spacial score (nSPS) is 26.3. The monoisotopic (exact) mass is 378 g/mol. The molecule has 3 heterocycles. The van der Waals surface area contributed by atoms with Gasteiger partial charge in [0, 0.05) is 38.0 Å². The molecule has 3 fully saturated rings. The molecule has 0 aromatic carbocycles. The number of rotatable bonds is 5. The third-order valence-corrected chi connectivity index (χ3v) is 5.93. The molecule has 0 unspecified atom stereocenters. The number of amides is 5. The van der Waals surface area contributed by atoms with Crippen LogP contribution in [0.3, 0.4) is 0 Å². The largest absolute Gasteiger partial charge is 0.342 e. The molecule has 0 aliphatic carbocycles. The van der Waals surface area contributed by atoms with Crippen LogP contribution in [0.4, 0.5) is 4.79 Å². The molecule has 3 aliphatic heterocycles. The summed E-state index contributed by atoms with van der Waals surface area (Å²) in [6.07, 6.45) is 4.27. The van der Waals surface area contributed by atoms with Gasteiger partial charge in [0.1, 0.15) is 13.1 Å². The van der Waals surface area contributed by atoms with Crippen molar-refractivity contribution in [2.24, 2.45) is 11.3 Å². The first kappa shape index (κ1) is 19.6. The van der Waals surface area contributed by atoms with Gasteiger partial charge in [-0.05, 0) is 31.6 Å². The Kier molecular flexibility index (Phi) is 5.72. The van der Waals surface area contributed by atoms with E-state index in [4.69, 9.17) is 0 Å². The van der Waals surface area contributed by atoms with Crippen molar-refractivity contribution in [1.29, 1.82) is 0 Å². The fourth-order valence-corrected chi connectivity index (χ4v) is 4.35. The lowest BCUT2D eigenvalue weighted by Crippen LogP contribution is -2.56. The van der Waals surface area contributed by atoms with Crippen molar-refractivity contribution >= 4 is 23.8 Å². The summed E-state index contributed by atoms with van der Waals surface area (Å²) >= 11 is 0. The molecule has 3 rings (SSSR count). The molecule has 5 amide bonds.